The summed E-state index contributed by atoms with van der Waals surface area (Å²) in [6.45, 7) is 12.9. The molecule has 2 aliphatic rings. The number of carbonyl (C=O) groups excluding carboxylic acids is 1. The zero-order chi connectivity index (χ0) is 22.2. The van der Waals surface area contributed by atoms with Gasteiger partial charge in [0.1, 0.15) is 0 Å². The van der Waals surface area contributed by atoms with Crippen LogP contribution in [0.15, 0.2) is 29.3 Å². The van der Waals surface area contributed by atoms with Gasteiger partial charge < -0.3 is 24.6 Å². The zero-order valence-corrected chi connectivity index (χ0v) is 19.3. The maximum absolute atomic E-state index is 11.9. The number of ether oxygens (including phenoxy) is 2. The molecule has 1 N–H and O–H groups in total. The Kier molecular flexibility index (Phi) is 8.54. The number of morpholine rings is 1. The average Bonchev–Trinajstić information content (AvgIpc) is 2.75. The summed E-state index contributed by atoms with van der Waals surface area (Å²) in [7, 11) is 1.80. The maximum Gasteiger partial charge on any atom is 0.409 e. The van der Waals surface area contributed by atoms with E-state index in [2.05, 4.69) is 58.2 Å². The van der Waals surface area contributed by atoms with Gasteiger partial charge >= 0.3 is 6.09 Å². The second kappa shape index (κ2) is 11.3. The molecule has 1 aromatic carbocycles. The van der Waals surface area contributed by atoms with Crippen LogP contribution in [0.25, 0.3) is 0 Å². The average molecular weight is 432 g/mol. The van der Waals surface area contributed by atoms with Crippen molar-refractivity contribution in [3.8, 4) is 0 Å². The Morgan fingerprint density at radius 1 is 1.06 bits per heavy atom. The summed E-state index contributed by atoms with van der Waals surface area (Å²) >= 11 is 0. The van der Waals surface area contributed by atoms with Crippen molar-refractivity contribution in [1.29, 1.82) is 0 Å². The summed E-state index contributed by atoms with van der Waals surface area (Å²) < 4.78 is 10.9. The summed E-state index contributed by atoms with van der Waals surface area (Å²) in [6, 6.07) is 8.79. The van der Waals surface area contributed by atoms with E-state index in [4.69, 9.17) is 9.47 Å². The lowest BCUT2D eigenvalue weighted by Crippen LogP contribution is -2.53. The summed E-state index contributed by atoms with van der Waals surface area (Å²) in [5.41, 5.74) is 2.54. The predicted octanol–water partition coefficient (Wildman–Crippen LogP) is 2.15. The van der Waals surface area contributed by atoms with Crippen molar-refractivity contribution >= 4 is 12.1 Å². The Labute approximate surface area is 186 Å². The van der Waals surface area contributed by atoms with Crippen LogP contribution in [0.3, 0.4) is 0 Å². The van der Waals surface area contributed by atoms with Gasteiger partial charge in [0, 0.05) is 59.4 Å². The summed E-state index contributed by atoms with van der Waals surface area (Å²) in [5.74, 6) is 0.865. The van der Waals surface area contributed by atoms with Crippen molar-refractivity contribution in [3.63, 3.8) is 0 Å². The van der Waals surface area contributed by atoms with Crippen LogP contribution < -0.4 is 5.32 Å². The van der Waals surface area contributed by atoms with E-state index < -0.39 is 0 Å². The molecule has 31 heavy (non-hydrogen) atoms. The highest BCUT2D eigenvalue weighted by atomic mass is 16.6. The molecule has 0 spiro atoms. The SMILES string of the molecule is CCOC(=O)N1CCN(C(=NC)NCc2ccc(CN3CC(C)OC(C)C3)cc2)CC1. The molecule has 2 saturated heterocycles. The quantitative estimate of drug-likeness (QED) is 0.569. The largest absolute Gasteiger partial charge is 0.450 e. The monoisotopic (exact) mass is 431 g/mol. The van der Waals surface area contributed by atoms with Crippen molar-refractivity contribution in [2.24, 2.45) is 4.99 Å². The second-order valence-corrected chi connectivity index (χ2v) is 8.34. The lowest BCUT2D eigenvalue weighted by molar-refractivity contribution is -0.0704. The van der Waals surface area contributed by atoms with Crippen molar-refractivity contribution in [2.45, 2.75) is 46.1 Å². The lowest BCUT2D eigenvalue weighted by atomic mass is 10.1. The van der Waals surface area contributed by atoms with Gasteiger partial charge in [0.15, 0.2) is 5.96 Å². The lowest BCUT2D eigenvalue weighted by Gasteiger charge is -2.36. The molecular weight excluding hydrogens is 394 g/mol. The number of benzene rings is 1. The van der Waals surface area contributed by atoms with Crippen molar-refractivity contribution in [1.82, 2.24) is 20.0 Å². The molecule has 8 nitrogen and oxygen atoms in total. The first-order valence-corrected chi connectivity index (χ1v) is 11.3. The molecule has 1 amide bonds. The van der Waals surface area contributed by atoms with Crippen LogP contribution >= 0.6 is 0 Å². The Morgan fingerprint density at radius 3 is 2.23 bits per heavy atom. The Balaban J connectivity index is 1.45. The molecule has 2 atom stereocenters. The minimum atomic E-state index is -0.230. The van der Waals surface area contributed by atoms with Gasteiger partial charge in [-0.05, 0) is 31.9 Å². The number of piperazine rings is 1. The summed E-state index contributed by atoms with van der Waals surface area (Å²) in [4.78, 5) is 22.7. The van der Waals surface area contributed by atoms with Gasteiger partial charge in [-0.25, -0.2) is 4.79 Å². The molecule has 2 heterocycles. The molecule has 0 bridgehead atoms. The predicted molar refractivity (Wildman–Crippen MR) is 122 cm³/mol. The molecule has 2 fully saturated rings. The first kappa shape index (κ1) is 23.3. The number of carbonyl (C=O) groups is 1. The van der Waals surface area contributed by atoms with E-state index in [0.29, 0.717) is 19.7 Å². The summed E-state index contributed by atoms with van der Waals surface area (Å²) in [6.07, 6.45) is 0.349. The van der Waals surface area contributed by atoms with Crippen LogP contribution in [0.5, 0.6) is 0 Å². The van der Waals surface area contributed by atoms with E-state index in [1.54, 1.807) is 11.9 Å². The third kappa shape index (κ3) is 6.83. The van der Waals surface area contributed by atoms with E-state index in [1.165, 1.54) is 11.1 Å². The van der Waals surface area contributed by atoms with E-state index in [9.17, 15) is 4.79 Å². The molecule has 2 unspecified atom stereocenters. The fourth-order valence-corrected chi connectivity index (χ4v) is 4.26. The molecule has 0 radical (unpaired) electrons. The molecule has 8 heteroatoms. The van der Waals surface area contributed by atoms with Gasteiger partial charge in [0.2, 0.25) is 0 Å². The standard InChI is InChI=1S/C23H37N5O3/c1-5-30-23(29)28-12-10-27(11-13-28)22(24-4)25-14-20-6-8-21(9-7-20)17-26-15-18(2)31-19(3)16-26/h6-9,18-19H,5,10-17H2,1-4H3,(H,24,25). The minimum Gasteiger partial charge on any atom is -0.450 e. The van der Waals surface area contributed by atoms with Crippen LogP contribution in [-0.2, 0) is 22.6 Å². The number of amides is 1. The fraction of sp³-hybridized carbons (Fsp3) is 0.652. The molecule has 0 aromatic heterocycles. The van der Waals surface area contributed by atoms with Gasteiger partial charge in [-0.2, -0.15) is 0 Å². The van der Waals surface area contributed by atoms with Gasteiger partial charge in [-0.1, -0.05) is 24.3 Å². The Morgan fingerprint density at radius 2 is 1.65 bits per heavy atom. The third-order valence-electron chi connectivity index (χ3n) is 5.69. The van der Waals surface area contributed by atoms with Crippen molar-refractivity contribution in [2.75, 3.05) is 52.9 Å². The molecule has 2 aliphatic heterocycles. The molecular formula is C23H37N5O3. The number of guanidine groups is 1. The van der Waals surface area contributed by atoms with E-state index in [0.717, 1.165) is 45.2 Å². The minimum absolute atomic E-state index is 0.230. The van der Waals surface area contributed by atoms with Crippen molar-refractivity contribution in [3.05, 3.63) is 35.4 Å². The fourth-order valence-electron chi connectivity index (χ4n) is 4.26. The van der Waals surface area contributed by atoms with E-state index >= 15 is 0 Å². The Bertz CT molecular complexity index is 721. The molecule has 172 valence electrons. The van der Waals surface area contributed by atoms with Gasteiger partial charge in [-0.15, -0.1) is 0 Å². The molecule has 3 rings (SSSR count). The van der Waals surface area contributed by atoms with Crippen molar-refractivity contribution < 1.29 is 14.3 Å². The topological polar surface area (TPSA) is 69.6 Å². The molecule has 1 aromatic rings. The van der Waals surface area contributed by atoms with Crippen LogP contribution in [0.1, 0.15) is 31.9 Å². The highest BCUT2D eigenvalue weighted by molar-refractivity contribution is 5.80. The number of rotatable bonds is 5. The van der Waals surface area contributed by atoms with Crippen LogP contribution in [0.2, 0.25) is 0 Å². The first-order chi connectivity index (χ1) is 15.0. The van der Waals surface area contributed by atoms with Gasteiger partial charge in [0.05, 0.1) is 18.8 Å². The maximum atomic E-state index is 11.9. The normalized spacial score (nSPS) is 23.0. The highest BCUT2D eigenvalue weighted by Gasteiger charge is 2.24. The number of nitrogens with one attached hydrogen (secondary N) is 1. The van der Waals surface area contributed by atoms with Crippen LogP contribution in [0, 0.1) is 0 Å². The smallest absolute Gasteiger partial charge is 0.409 e. The number of hydrogen-bond donors (Lipinski definition) is 1. The van der Waals surface area contributed by atoms with Gasteiger partial charge in [-0.3, -0.25) is 9.89 Å². The first-order valence-electron chi connectivity index (χ1n) is 11.3. The third-order valence-corrected chi connectivity index (χ3v) is 5.69. The van der Waals surface area contributed by atoms with E-state index in [-0.39, 0.29) is 18.3 Å². The highest BCUT2D eigenvalue weighted by Crippen LogP contribution is 2.15. The molecule has 0 saturated carbocycles. The number of aliphatic imine (C=N–C) groups is 1. The van der Waals surface area contributed by atoms with Crippen LogP contribution in [-0.4, -0.2) is 91.9 Å². The van der Waals surface area contributed by atoms with Gasteiger partial charge in [0.25, 0.3) is 0 Å². The Hall–Kier alpha value is -2.32. The number of nitrogens with zero attached hydrogens (tertiary/aromatic N) is 4. The molecule has 0 aliphatic carbocycles. The zero-order valence-electron chi connectivity index (χ0n) is 19.3. The second-order valence-electron chi connectivity index (χ2n) is 8.34. The summed E-state index contributed by atoms with van der Waals surface area (Å²) in [5, 5.41) is 3.45. The van der Waals surface area contributed by atoms with Crippen LogP contribution in [0.4, 0.5) is 4.79 Å². The van der Waals surface area contributed by atoms with E-state index in [1.807, 2.05) is 6.92 Å². The number of hydrogen-bond acceptors (Lipinski definition) is 5.